The molecule has 1 unspecified atom stereocenters. The summed E-state index contributed by atoms with van der Waals surface area (Å²) in [5.74, 6) is 0. The summed E-state index contributed by atoms with van der Waals surface area (Å²) in [6.45, 7) is 8.85. The summed E-state index contributed by atoms with van der Waals surface area (Å²) in [4.78, 5) is 0.391. The molecule has 31 heavy (non-hydrogen) atoms. The maximum atomic E-state index is 13.2. The third-order valence-corrected chi connectivity index (χ3v) is 9.79. The molecule has 0 spiro atoms. The summed E-state index contributed by atoms with van der Waals surface area (Å²) in [5.41, 5.74) is 4.99. The molecule has 0 amide bonds. The van der Waals surface area contributed by atoms with Crippen molar-refractivity contribution in [3.8, 4) is 0 Å². The highest BCUT2D eigenvalue weighted by Crippen LogP contribution is 2.40. The number of nitrogens with one attached hydrogen (secondary N) is 1. The van der Waals surface area contributed by atoms with Crippen molar-refractivity contribution in [1.29, 1.82) is 0 Å². The average Bonchev–Trinajstić information content (AvgIpc) is 3.44. The van der Waals surface area contributed by atoms with Crippen LogP contribution in [0.25, 0.3) is 0 Å². The van der Waals surface area contributed by atoms with Crippen LogP contribution in [0.4, 0.5) is 5.69 Å². The molecule has 3 heterocycles. The van der Waals surface area contributed by atoms with Gasteiger partial charge in [0.1, 0.15) is 11.7 Å². The van der Waals surface area contributed by atoms with Gasteiger partial charge in [-0.05, 0) is 49.6 Å². The third kappa shape index (κ3) is 3.54. The molecule has 2 saturated heterocycles. The Balaban J connectivity index is 1.44. The number of likely N-dealkylation sites (tertiary alicyclic amines) is 1. The molecule has 2 aromatic rings. The van der Waals surface area contributed by atoms with Crippen LogP contribution in [0.3, 0.4) is 0 Å². The molecule has 0 aromatic heterocycles. The quantitative estimate of drug-likeness (QED) is 0.739. The van der Waals surface area contributed by atoms with E-state index >= 15 is 0 Å². The van der Waals surface area contributed by atoms with Gasteiger partial charge < -0.3 is 5.32 Å². The molecule has 6 heteroatoms. The molecule has 0 aliphatic carbocycles. The topological polar surface area (TPSA) is 49.4 Å². The molecule has 5 nitrogen and oxygen atoms in total. The van der Waals surface area contributed by atoms with Gasteiger partial charge in [-0.15, -0.1) is 0 Å². The van der Waals surface area contributed by atoms with Gasteiger partial charge in [-0.2, -0.15) is 4.31 Å². The van der Waals surface area contributed by atoms with Crippen molar-refractivity contribution in [2.45, 2.75) is 63.1 Å². The van der Waals surface area contributed by atoms with Gasteiger partial charge in [0.05, 0.1) is 17.5 Å². The molecule has 0 radical (unpaired) electrons. The van der Waals surface area contributed by atoms with Crippen molar-refractivity contribution in [1.82, 2.24) is 14.1 Å². The Labute approximate surface area is 186 Å². The number of quaternary nitrogens is 1. The second kappa shape index (κ2) is 8.00. The van der Waals surface area contributed by atoms with Gasteiger partial charge in [-0.25, -0.2) is 8.42 Å². The SMILES string of the molecule is Cc1ccc(S(=O)(=O)N2CCc3cc([N+]4([C@H]5CCNC5)CCC[C@@H]4C)ccc3C2)cc1. The maximum Gasteiger partial charge on any atom is 0.243 e. The number of nitrogens with zero attached hydrogens (tertiary/aromatic N) is 2. The van der Waals surface area contributed by atoms with E-state index in [2.05, 4.69) is 30.4 Å². The molecule has 0 bridgehead atoms. The van der Waals surface area contributed by atoms with Gasteiger partial charge in [0, 0.05) is 51.5 Å². The van der Waals surface area contributed by atoms with Gasteiger partial charge in [0.15, 0.2) is 0 Å². The van der Waals surface area contributed by atoms with Crippen molar-refractivity contribution in [3.63, 3.8) is 0 Å². The van der Waals surface area contributed by atoms with Crippen LogP contribution in [0, 0.1) is 6.92 Å². The number of sulfonamides is 1. The third-order valence-electron chi connectivity index (χ3n) is 7.93. The lowest BCUT2D eigenvalue weighted by atomic mass is 9.97. The lowest BCUT2D eigenvalue weighted by Gasteiger charge is -2.44. The lowest BCUT2D eigenvalue weighted by molar-refractivity contribution is 0.203. The first-order valence-corrected chi connectivity index (χ1v) is 13.1. The molecule has 5 rings (SSSR count). The zero-order chi connectivity index (χ0) is 21.6. The van der Waals surface area contributed by atoms with Crippen molar-refractivity contribution in [2.24, 2.45) is 0 Å². The van der Waals surface area contributed by atoms with Crippen molar-refractivity contribution < 1.29 is 8.42 Å². The van der Waals surface area contributed by atoms with Crippen LogP contribution >= 0.6 is 0 Å². The summed E-state index contributed by atoms with van der Waals surface area (Å²) in [5, 5.41) is 3.58. The number of hydrogen-bond acceptors (Lipinski definition) is 3. The van der Waals surface area contributed by atoms with E-state index < -0.39 is 10.0 Å². The van der Waals surface area contributed by atoms with Crippen LogP contribution in [-0.2, 0) is 23.0 Å². The maximum absolute atomic E-state index is 13.2. The molecule has 3 aliphatic heterocycles. The number of fused-ring (bicyclic) bond motifs is 1. The summed E-state index contributed by atoms with van der Waals surface area (Å²) in [6, 6.07) is 15.4. The van der Waals surface area contributed by atoms with Gasteiger partial charge in [0.25, 0.3) is 0 Å². The molecular formula is C25H34N3O2S+. The predicted octanol–water partition coefficient (Wildman–Crippen LogP) is 3.59. The number of hydrogen-bond donors (Lipinski definition) is 1. The zero-order valence-electron chi connectivity index (χ0n) is 18.7. The first-order chi connectivity index (χ1) is 14.9. The summed E-state index contributed by atoms with van der Waals surface area (Å²) in [6.07, 6.45) is 4.60. The Kier molecular flexibility index (Phi) is 5.45. The number of rotatable bonds is 4. The largest absolute Gasteiger partial charge is 0.311 e. The van der Waals surface area contributed by atoms with Crippen LogP contribution in [-0.4, -0.2) is 51.0 Å². The van der Waals surface area contributed by atoms with Crippen LogP contribution in [0.2, 0.25) is 0 Å². The minimum atomic E-state index is -3.46. The van der Waals surface area contributed by atoms with Gasteiger partial charge in [-0.1, -0.05) is 23.8 Å². The fraction of sp³-hybridized carbons (Fsp3) is 0.520. The highest BCUT2D eigenvalue weighted by molar-refractivity contribution is 7.89. The first kappa shape index (κ1) is 21.1. The Bertz CT molecular complexity index is 1060. The van der Waals surface area contributed by atoms with E-state index in [1.54, 1.807) is 16.4 Å². The molecule has 1 N–H and O–H groups in total. The van der Waals surface area contributed by atoms with Gasteiger partial charge in [-0.3, -0.25) is 4.48 Å². The molecule has 0 saturated carbocycles. The highest BCUT2D eigenvalue weighted by atomic mass is 32.2. The highest BCUT2D eigenvalue weighted by Gasteiger charge is 2.48. The van der Waals surface area contributed by atoms with E-state index in [1.807, 2.05) is 19.1 Å². The van der Waals surface area contributed by atoms with E-state index in [-0.39, 0.29) is 0 Å². The van der Waals surface area contributed by atoms with Crippen LogP contribution in [0.15, 0.2) is 47.4 Å². The monoisotopic (exact) mass is 440 g/mol. The Hall–Kier alpha value is -1.73. The number of aryl methyl sites for hydroxylation is 1. The molecule has 3 aliphatic rings. The smallest absolute Gasteiger partial charge is 0.243 e. The molecule has 3 atom stereocenters. The number of benzene rings is 2. The minimum absolute atomic E-state index is 0.391. The van der Waals surface area contributed by atoms with Crippen molar-refractivity contribution in [2.75, 3.05) is 26.2 Å². The Morgan fingerprint density at radius 1 is 1.06 bits per heavy atom. The van der Waals surface area contributed by atoms with Gasteiger partial charge in [0.2, 0.25) is 10.0 Å². The van der Waals surface area contributed by atoms with Crippen LogP contribution in [0.1, 0.15) is 42.9 Å². The van der Waals surface area contributed by atoms with Gasteiger partial charge >= 0.3 is 0 Å². The lowest BCUT2D eigenvalue weighted by Crippen LogP contribution is -2.59. The van der Waals surface area contributed by atoms with E-state index in [0.29, 0.717) is 30.1 Å². The summed E-state index contributed by atoms with van der Waals surface area (Å²) >= 11 is 0. The van der Waals surface area contributed by atoms with Crippen molar-refractivity contribution in [3.05, 3.63) is 59.2 Å². The fourth-order valence-electron chi connectivity index (χ4n) is 6.11. The molecule has 166 valence electrons. The predicted molar refractivity (Wildman–Crippen MR) is 126 cm³/mol. The molecule has 2 fully saturated rings. The second-order valence-electron chi connectivity index (χ2n) is 9.65. The summed E-state index contributed by atoms with van der Waals surface area (Å²) < 4.78 is 29.1. The Morgan fingerprint density at radius 3 is 2.55 bits per heavy atom. The van der Waals surface area contributed by atoms with E-state index in [9.17, 15) is 8.42 Å². The summed E-state index contributed by atoms with van der Waals surface area (Å²) in [7, 11) is -3.46. The zero-order valence-corrected chi connectivity index (χ0v) is 19.5. The Morgan fingerprint density at radius 2 is 1.87 bits per heavy atom. The standard InChI is InChI=1S/C25H34N3O2S/c1-19-5-9-25(10-6-19)31(29,30)27-14-12-21-16-23(8-7-22(21)18-27)28(15-3-4-20(28)2)24-11-13-26-17-24/h5-10,16,20,24,26H,3-4,11-15,17-18H2,1-2H3/q+1/t20-,24-,28?/m0/s1. The molecular weight excluding hydrogens is 406 g/mol. The van der Waals surface area contributed by atoms with E-state index in [0.717, 1.165) is 35.1 Å². The van der Waals surface area contributed by atoms with E-state index in [1.165, 1.54) is 37.1 Å². The van der Waals surface area contributed by atoms with Crippen molar-refractivity contribution >= 4 is 15.7 Å². The average molecular weight is 441 g/mol. The minimum Gasteiger partial charge on any atom is -0.311 e. The second-order valence-corrected chi connectivity index (χ2v) is 11.6. The van der Waals surface area contributed by atoms with Crippen LogP contribution in [0.5, 0.6) is 0 Å². The normalized spacial score (nSPS) is 29.2. The molecule has 2 aromatic carbocycles. The fourth-order valence-corrected chi connectivity index (χ4v) is 7.52. The first-order valence-electron chi connectivity index (χ1n) is 11.7. The van der Waals surface area contributed by atoms with Crippen LogP contribution < -0.4 is 9.80 Å². The van der Waals surface area contributed by atoms with E-state index in [4.69, 9.17) is 0 Å².